The molecule has 1 aliphatic rings. The van der Waals surface area contributed by atoms with Crippen molar-refractivity contribution in [3.8, 4) is 5.75 Å². The molecule has 1 aliphatic heterocycles. The molecule has 0 unspecified atom stereocenters. The fraction of sp³-hybridized carbons (Fsp3) is 0.333. The highest BCUT2D eigenvalue weighted by molar-refractivity contribution is 7.89. The van der Waals surface area contributed by atoms with Gasteiger partial charge in [-0.15, -0.1) is 0 Å². The van der Waals surface area contributed by atoms with E-state index in [0.717, 1.165) is 31.2 Å². The summed E-state index contributed by atoms with van der Waals surface area (Å²) >= 11 is 0. The van der Waals surface area contributed by atoms with Crippen LogP contribution in [0.2, 0.25) is 0 Å². The van der Waals surface area contributed by atoms with E-state index in [-0.39, 0.29) is 4.90 Å². The maximum Gasteiger partial charge on any atom is 0.331 e. The zero-order chi connectivity index (χ0) is 23.7. The van der Waals surface area contributed by atoms with Crippen molar-refractivity contribution in [3.63, 3.8) is 0 Å². The molecule has 0 aliphatic carbocycles. The third-order valence-electron chi connectivity index (χ3n) is 5.17. The predicted octanol–water partition coefficient (Wildman–Crippen LogP) is 3.46. The van der Waals surface area contributed by atoms with Gasteiger partial charge in [-0.3, -0.25) is 4.79 Å². The molecule has 1 heterocycles. The van der Waals surface area contributed by atoms with E-state index in [9.17, 15) is 18.0 Å². The van der Waals surface area contributed by atoms with Crippen LogP contribution in [0.4, 0.5) is 5.69 Å². The van der Waals surface area contributed by atoms with Crippen molar-refractivity contribution in [2.24, 2.45) is 0 Å². The van der Waals surface area contributed by atoms with E-state index in [1.165, 1.54) is 22.5 Å². The molecule has 0 bridgehead atoms. The van der Waals surface area contributed by atoms with Crippen molar-refractivity contribution >= 4 is 33.7 Å². The van der Waals surface area contributed by atoms with Crippen LogP contribution in [0.3, 0.4) is 0 Å². The number of carbonyl (C=O) groups excluding carboxylic acids is 2. The summed E-state index contributed by atoms with van der Waals surface area (Å²) in [6.07, 6.45) is 6.50. The van der Waals surface area contributed by atoms with Gasteiger partial charge in [-0.1, -0.05) is 31.0 Å². The van der Waals surface area contributed by atoms with Crippen molar-refractivity contribution in [2.45, 2.75) is 30.6 Å². The van der Waals surface area contributed by atoms with Gasteiger partial charge < -0.3 is 14.8 Å². The van der Waals surface area contributed by atoms with Crippen LogP contribution in [-0.2, 0) is 24.3 Å². The van der Waals surface area contributed by atoms with Crippen LogP contribution in [-0.4, -0.2) is 51.4 Å². The third kappa shape index (κ3) is 7.16. The molecule has 1 amide bonds. The van der Waals surface area contributed by atoms with Gasteiger partial charge in [0, 0.05) is 24.9 Å². The number of benzene rings is 2. The molecule has 3 rings (SSSR count). The van der Waals surface area contributed by atoms with Crippen LogP contribution in [0.25, 0.3) is 6.08 Å². The molecule has 0 radical (unpaired) electrons. The van der Waals surface area contributed by atoms with E-state index in [1.54, 1.807) is 49.6 Å². The lowest BCUT2D eigenvalue weighted by atomic mass is 10.2. The van der Waals surface area contributed by atoms with Crippen LogP contribution in [0.1, 0.15) is 31.2 Å². The first-order valence-electron chi connectivity index (χ1n) is 10.8. The van der Waals surface area contributed by atoms with E-state index in [4.69, 9.17) is 9.47 Å². The highest BCUT2D eigenvalue weighted by Gasteiger charge is 2.25. The second-order valence-corrected chi connectivity index (χ2v) is 9.55. The molecule has 2 aromatic rings. The SMILES string of the molecule is COc1cccc(/C=C/C(=O)OCC(=O)Nc2cccc(S(=O)(=O)N3CCCCCC3)c2)c1. The zero-order valence-electron chi connectivity index (χ0n) is 18.5. The minimum absolute atomic E-state index is 0.125. The van der Waals surface area contributed by atoms with E-state index in [2.05, 4.69) is 5.32 Å². The third-order valence-corrected chi connectivity index (χ3v) is 7.07. The molecule has 0 aromatic heterocycles. The van der Waals surface area contributed by atoms with E-state index >= 15 is 0 Å². The summed E-state index contributed by atoms with van der Waals surface area (Å²) in [5.74, 6) is -0.585. The summed E-state index contributed by atoms with van der Waals surface area (Å²) in [6.45, 7) is 0.501. The number of rotatable bonds is 8. The van der Waals surface area contributed by atoms with Crippen molar-refractivity contribution in [2.75, 3.05) is 32.1 Å². The maximum absolute atomic E-state index is 13.0. The average Bonchev–Trinajstić information content (AvgIpc) is 3.12. The predicted molar refractivity (Wildman–Crippen MR) is 125 cm³/mol. The smallest absolute Gasteiger partial charge is 0.331 e. The van der Waals surface area contributed by atoms with Crippen LogP contribution in [0.5, 0.6) is 5.75 Å². The largest absolute Gasteiger partial charge is 0.497 e. The number of amides is 1. The number of sulfonamides is 1. The molecule has 8 nitrogen and oxygen atoms in total. The van der Waals surface area contributed by atoms with Gasteiger partial charge in [-0.2, -0.15) is 4.31 Å². The van der Waals surface area contributed by atoms with Gasteiger partial charge in [0.2, 0.25) is 10.0 Å². The number of anilines is 1. The Hall–Kier alpha value is -3.17. The Kier molecular flexibility index (Phi) is 8.62. The van der Waals surface area contributed by atoms with E-state index < -0.39 is 28.5 Å². The quantitative estimate of drug-likeness (QED) is 0.466. The van der Waals surface area contributed by atoms with Gasteiger partial charge >= 0.3 is 5.97 Å². The average molecular weight is 473 g/mol. The number of carbonyl (C=O) groups is 2. The summed E-state index contributed by atoms with van der Waals surface area (Å²) in [5, 5.41) is 2.57. The van der Waals surface area contributed by atoms with Gasteiger partial charge in [-0.25, -0.2) is 13.2 Å². The lowest BCUT2D eigenvalue weighted by Crippen LogP contribution is -2.32. The molecule has 0 atom stereocenters. The zero-order valence-corrected chi connectivity index (χ0v) is 19.3. The molecule has 0 spiro atoms. The highest BCUT2D eigenvalue weighted by atomic mass is 32.2. The van der Waals surface area contributed by atoms with Gasteiger partial charge in [-0.05, 0) is 54.8 Å². The van der Waals surface area contributed by atoms with Gasteiger partial charge in [0.15, 0.2) is 6.61 Å². The summed E-state index contributed by atoms with van der Waals surface area (Å²) in [5.41, 5.74) is 1.07. The molecule has 176 valence electrons. The monoisotopic (exact) mass is 472 g/mol. The normalized spacial score (nSPS) is 15.1. The number of nitrogens with one attached hydrogen (secondary N) is 1. The molecule has 33 heavy (non-hydrogen) atoms. The molecule has 1 fully saturated rings. The minimum Gasteiger partial charge on any atom is -0.497 e. The van der Waals surface area contributed by atoms with Crippen molar-refractivity contribution in [3.05, 3.63) is 60.2 Å². The number of ether oxygens (including phenoxy) is 2. The molecule has 9 heteroatoms. The molecular weight excluding hydrogens is 444 g/mol. The fourth-order valence-corrected chi connectivity index (χ4v) is 5.02. The summed E-state index contributed by atoms with van der Waals surface area (Å²) in [6, 6.07) is 13.2. The Bertz CT molecular complexity index is 1110. The molecule has 1 N–H and O–H groups in total. The van der Waals surface area contributed by atoms with Crippen molar-refractivity contribution in [1.82, 2.24) is 4.31 Å². The Labute approximate surface area is 194 Å². The second-order valence-electron chi connectivity index (χ2n) is 7.61. The number of hydrogen-bond donors (Lipinski definition) is 1. The number of methoxy groups -OCH3 is 1. The highest BCUT2D eigenvalue weighted by Crippen LogP contribution is 2.22. The summed E-state index contributed by atoms with van der Waals surface area (Å²) in [4.78, 5) is 24.2. The van der Waals surface area contributed by atoms with Crippen LogP contribution >= 0.6 is 0 Å². The fourth-order valence-electron chi connectivity index (χ4n) is 3.46. The molecule has 0 saturated carbocycles. The Morgan fingerprint density at radius 3 is 2.48 bits per heavy atom. The maximum atomic E-state index is 13.0. The van der Waals surface area contributed by atoms with Gasteiger partial charge in [0.05, 0.1) is 12.0 Å². The number of esters is 1. The molecule has 1 saturated heterocycles. The van der Waals surface area contributed by atoms with Gasteiger partial charge in [0.1, 0.15) is 5.75 Å². The molecular formula is C24H28N2O6S. The molecule has 2 aromatic carbocycles. The Balaban J connectivity index is 1.55. The van der Waals surface area contributed by atoms with Crippen LogP contribution in [0, 0.1) is 0 Å². The second kappa shape index (κ2) is 11.6. The Morgan fingerprint density at radius 2 is 1.76 bits per heavy atom. The van der Waals surface area contributed by atoms with Crippen molar-refractivity contribution < 1.29 is 27.5 Å². The summed E-state index contributed by atoms with van der Waals surface area (Å²) < 4.78 is 37.5. The number of hydrogen-bond acceptors (Lipinski definition) is 6. The lowest BCUT2D eigenvalue weighted by molar-refractivity contribution is -0.142. The summed E-state index contributed by atoms with van der Waals surface area (Å²) in [7, 11) is -2.08. The minimum atomic E-state index is -3.63. The van der Waals surface area contributed by atoms with E-state index in [1.807, 2.05) is 0 Å². The first-order chi connectivity index (χ1) is 15.9. The van der Waals surface area contributed by atoms with Crippen molar-refractivity contribution in [1.29, 1.82) is 0 Å². The lowest BCUT2D eigenvalue weighted by Gasteiger charge is -2.20. The Morgan fingerprint density at radius 1 is 1.03 bits per heavy atom. The van der Waals surface area contributed by atoms with Crippen LogP contribution in [0.15, 0.2) is 59.5 Å². The number of nitrogens with zero attached hydrogens (tertiary/aromatic N) is 1. The van der Waals surface area contributed by atoms with E-state index in [0.29, 0.717) is 24.5 Å². The first-order valence-corrected chi connectivity index (χ1v) is 12.2. The van der Waals surface area contributed by atoms with Gasteiger partial charge in [0.25, 0.3) is 5.91 Å². The standard InChI is InChI=1S/C24H28N2O6S/c1-31-21-10-6-8-19(16-21)12-13-24(28)32-18-23(27)25-20-9-7-11-22(17-20)33(29,30)26-14-4-2-3-5-15-26/h6-13,16-17H,2-5,14-15,18H2,1H3,(H,25,27)/b13-12+. The first kappa shape index (κ1) is 24.5. The van der Waals surface area contributed by atoms with Crippen LogP contribution < -0.4 is 10.1 Å². The topological polar surface area (TPSA) is 102 Å².